The monoisotopic (exact) mass is 427 g/mol. The molecule has 2 rings (SSSR count). The van der Waals surface area contributed by atoms with Crippen LogP contribution in [0, 0.1) is 0 Å². The summed E-state index contributed by atoms with van der Waals surface area (Å²) in [6.45, 7) is 11.8. The molecule has 1 amide bonds. The molecule has 1 aromatic rings. The Hall–Kier alpha value is -1.70. The summed E-state index contributed by atoms with van der Waals surface area (Å²) in [6.07, 6.45) is -0.282. The molecule has 1 heterocycles. The number of hydrogen-bond acceptors (Lipinski definition) is 6. The molecule has 0 N–H and O–H groups in total. The van der Waals surface area contributed by atoms with Gasteiger partial charge >= 0.3 is 6.09 Å². The number of ether oxygens (including phenoxy) is 3. The summed E-state index contributed by atoms with van der Waals surface area (Å²) < 4.78 is 16.0. The lowest BCUT2D eigenvalue weighted by atomic mass is 10.2. The molecular formula is C21H34ClN3O4. The largest absolute Gasteiger partial charge is 0.491 e. The van der Waals surface area contributed by atoms with E-state index in [4.69, 9.17) is 25.8 Å². The molecule has 0 aromatic heterocycles. The number of likely N-dealkylation sites (N-methyl/N-ethyl adjacent to an activating group) is 1. The highest BCUT2D eigenvalue weighted by Crippen LogP contribution is 2.30. The van der Waals surface area contributed by atoms with E-state index >= 15 is 0 Å². The van der Waals surface area contributed by atoms with Gasteiger partial charge in [-0.1, -0.05) is 11.6 Å². The standard InChI is InChI=1S/C21H34ClN3O4/c1-21(2,3)29-20(26)23(4)8-9-24-10-12-25(13-11-24)19-7-6-17(16-18(19)22)28-15-14-27-5/h6-7,16H,8-15H2,1-5H3. The number of carbonyl (C=O) groups is 1. The van der Waals surface area contributed by atoms with Gasteiger partial charge in [0.25, 0.3) is 0 Å². The number of rotatable bonds is 8. The summed E-state index contributed by atoms with van der Waals surface area (Å²) in [5.74, 6) is 0.750. The van der Waals surface area contributed by atoms with E-state index in [1.54, 1.807) is 19.1 Å². The molecule has 1 aliphatic rings. The molecule has 29 heavy (non-hydrogen) atoms. The summed E-state index contributed by atoms with van der Waals surface area (Å²) in [5.41, 5.74) is 0.553. The first-order valence-electron chi connectivity index (χ1n) is 10.0. The average Bonchev–Trinajstić information content (AvgIpc) is 2.65. The lowest BCUT2D eigenvalue weighted by Gasteiger charge is -2.37. The van der Waals surface area contributed by atoms with E-state index < -0.39 is 5.60 Å². The van der Waals surface area contributed by atoms with Gasteiger partial charge in [0, 0.05) is 59.5 Å². The molecule has 1 fully saturated rings. The van der Waals surface area contributed by atoms with Crippen molar-refractivity contribution >= 4 is 23.4 Å². The van der Waals surface area contributed by atoms with Crippen LogP contribution in [0.25, 0.3) is 0 Å². The van der Waals surface area contributed by atoms with Crippen LogP contribution >= 0.6 is 11.6 Å². The van der Waals surface area contributed by atoms with Crippen molar-refractivity contribution in [1.82, 2.24) is 9.80 Å². The smallest absolute Gasteiger partial charge is 0.410 e. The lowest BCUT2D eigenvalue weighted by molar-refractivity contribution is 0.0282. The van der Waals surface area contributed by atoms with Crippen LogP contribution in [-0.2, 0) is 9.47 Å². The highest BCUT2D eigenvalue weighted by atomic mass is 35.5. The maximum atomic E-state index is 12.1. The van der Waals surface area contributed by atoms with Crippen LogP contribution in [0.1, 0.15) is 20.8 Å². The quantitative estimate of drug-likeness (QED) is 0.593. The fourth-order valence-corrected chi connectivity index (χ4v) is 3.30. The van der Waals surface area contributed by atoms with E-state index in [2.05, 4.69) is 9.80 Å². The number of anilines is 1. The van der Waals surface area contributed by atoms with Crippen molar-refractivity contribution in [1.29, 1.82) is 0 Å². The second-order valence-corrected chi connectivity index (χ2v) is 8.59. The molecule has 0 saturated carbocycles. The molecule has 0 spiro atoms. The molecule has 0 bridgehead atoms. The molecule has 1 saturated heterocycles. The van der Waals surface area contributed by atoms with Gasteiger partial charge in [0.05, 0.1) is 17.3 Å². The SMILES string of the molecule is COCCOc1ccc(N2CCN(CCN(C)C(=O)OC(C)(C)C)CC2)c(Cl)c1. The van der Waals surface area contributed by atoms with E-state index in [0.717, 1.165) is 44.2 Å². The first-order chi connectivity index (χ1) is 13.7. The first kappa shape index (κ1) is 23.6. The van der Waals surface area contributed by atoms with Crippen molar-refractivity contribution in [2.45, 2.75) is 26.4 Å². The summed E-state index contributed by atoms with van der Waals surface area (Å²) in [7, 11) is 3.43. The van der Waals surface area contributed by atoms with Crippen molar-refractivity contribution in [2.24, 2.45) is 0 Å². The van der Waals surface area contributed by atoms with Crippen LogP contribution in [0.15, 0.2) is 18.2 Å². The number of nitrogens with zero attached hydrogens (tertiary/aromatic N) is 3. The summed E-state index contributed by atoms with van der Waals surface area (Å²) in [4.78, 5) is 18.3. The molecule has 0 radical (unpaired) electrons. The van der Waals surface area contributed by atoms with Crippen molar-refractivity contribution in [2.75, 3.05) is 71.5 Å². The minimum Gasteiger partial charge on any atom is -0.491 e. The van der Waals surface area contributed by atoms with E-state index in [9.17, 15) is 4.79 Å². The summed E-state index contributed by atoms with van der Waals surface area (Å²) in [5, 5.41) is 0.693. The average molecular weight is 428 g/mol. The van der Waals surface area contributed by atoms with Crippen LogP contribution in [0.3, 0.4) is 0 Å². The van der Waals surface area contributed by atoms with Gasteiger partial charge in [-0.25, -0.2) is 4.79 Å². The number of carbonyl (C=O) groups excluding carboxylic acids is 1. The summed E-state index contributed by atoms with van der Waals surface area (Å²) >= 11 is 6.48. The number of hydrogen-bond donors (Lipinski definition) is 0. The Morgan fingerprint density at radius 1 is 1.17 bits per heavy atom. The van der Waals surface area contributed by atoms with Crippen molar-refractivity contribution in [3.63, 3.8) is 0 Å². The number of methoxy groups -OCH3 is 1. The van der Waals surface area contributed by atoms with Crippen LogP contribution in [0.2, 0.25) is 5.02 Å². The third-order valence-corrected chi connectivity index (χ3v) is 4.95. The second kappa shape index (κ2) is 10.9. The fourth-order valence-electron chi connectivity index (χ4n) is 3.01. The highest BCUT2D eigenvalue weighted by Gasteiger charge is 2.22. The minimum absolute atomic E-state index is 0.282. The van der Waals surface area contributed by atoms with Crippen LogP contribution in [0.5, 0.6) is 5.75 Å². The molecule has 8 heteroatoms. The Labute approximate surface area is 179 Å². The van der Waals surface area contributed by atoms with E-state index in [-0.39, 0.29) is 6.09 Å². The first-order valence-corrected chi connectivity index (χ1v) is 10.4. The summed E-state index contributed by atoms with van der Waals surface area (Å²) in [6, 6.07) is 5.81. The van der Waals surface area contributed by atoms with Gasteiger partial charge in [-0.2, -0.15) is 0 Å². The van der Waals surface area contributed by atoms with Gasteiger partial charge in [-0.3, -0.25) is 4.90 Å². The number of benzene rings is 1. The predicted molar refractivity (Wildman–Crippen MR) is 116 cm³/mol. The molecule has 7 nitrogen and oxygen atoms in total. The fraction of sp³-hybridized carbons (Fsp3) is 0.667. The zero-order valence-corrected chi connectivity index (χ0v) is 19.0. The second-order valence-electron chi connectivity index (χ2n) is 8.19. The zero-order valence-electron chi connectivity index (χ0n) is 18.2. The maximum Gasteiger partial charge on any atom is 0.410 e. The Balaban J connectivity index is 1.78. The number of piperazine rings is 1. The van der Waals surface area contributed by atoms with Gasteiger partial charge in [-0.05, 0) is 32.9 Å². The van der Waals surface area contributed by atoms with E-state index in [0.29, 0.717) is 24.8 Å². The lowest BCUT2D eigenvalue weighted by Crippen LogP contribution is -2.49. The Morgan fingerprint density at radius 2 is 1.86 bits per heavy atom. The van der Waals surface area contributed by atoms with Crippen LogP contribution in [0.4, 0.5) is 10.5 Å². The van der Waals surface area contributed by atoms with Gasteiger partial charge < -0.3 is 24.0 Å². The molecule has 0 unspecified atom stereocenters. The van der Waals surface area contributed by atoms with Crippen molar-refractivity contribution in [3.05, 3.63) is 23.2 Å². The number of amides is 1. The highest BCUT2D eigenvalue weighted by molar-refractivity contribution is 6.33. The topological polar surface area (TPSA) is 54.5 Å². The number of halogens is 1. The van der Waals surface area contributed by atoms with Gasteiger partial charge in [0.1, 0.15) is 18.0 Å². The molecule has 1 aliphatic heterocycles. The Morgan fingerprint density at radius 3 is 2.45 bits per heavy atom. The van der Waals surface area contributed by atoms with Crippen molar-refractivity contribution < 1.29 is 19.0 Å². The molecular weight excluding hydrogens is 394 g/mol. The van der Waals surface area contributed by atoms with Crippen LogP contribution < -0.4 is 9.64 Å². The van der Waals surface area contributed by atoms with Gasteiger partial charge in [-0.15, -0.1) is 0 Å². The van der Waals surface area contributed by atoms with Gasteiger partial charge in [0.2, 0.25) is 0 Å². The van der Waals surface area contributed by atoms with E-state index in [1.165, 1.54) is 0 Å². The maximum absolute atomic E-state index is 12.1. The molecule has 0 atom stereocenters. The Bertz CT molecular complexity index is 658. The molecule has 164 valence electrons. The normalized spacial score (nSPS) is 15.3. The Kier molecular flexibility index (Phi) is 8.86. The van der Waals surface area contributed by atoms with Gasteiger partial charge in [0.15, 0.2) is 0 Å². The van der Waals surface area contributed by atoms with E-state index in [1.807, 2.05) is 39.0 Å². The third kappa shape index (κ3) is 7.91. The van der Waals surface area contributed by atoms with Crippen molar-refractivity contribution in [3.8, 4) is 5.75 Å². The third-order valence-electron chi connectivity index (χ3n) is 4.65. The zero-order chi connectivity index (χ0) is 21.4. The molecule has 0 aliphatic carbocycles. The molecule has 1 aromatic carbocycles. The van der Waals surface area contributed by atoms with Crippen LogP contribution in [-0.4, -0.2) is 88.1 Å². The predicted octanol–water partition coefficient (Wildman–Crippen LogP) is 3.35. The minimum atomic E-state index is -0.472.